The molecule has 0 bridgehead atoms. The van der Waals surface area contributed by atoms with E-state index in [4.69, 9.17) is 14.4 Å². The van der Waals surface area contributed by atoms with Crippen LogP contribution in [0.3, 0.4) is 0 Å². The minimum Gasteiger partial charge on any atom is -0.458 e. The maximum Gasteiger partial charge on any atom is 0.215 e. The van der Waals surface area contributed by atoms with Gasteiger partial charge in [0.1, 0.15) is 0 Å². The first-order chi connectivity index (χ1) is 28.8. The van der Waals surface area contributed by atoms with Gasteiger partial charge in [0.15, 0.2) is 0 Å². The van der Waals surface area contributed by atoms with Crippen molar-refractivity contribution in [2.24, 2.45) is 0 Å². The molecule has 0 amide bonds. The Morgan fingerprint density at radius 2 is 1.41 bits per heavy atom. The Morgan fingerprint density at radius 1 is 0.721 bits per heavy atom. The van der Waals surface area contributed by atoms with Gasteiger partial charge in [0, 0.05) is 42.8 Å². The summed E-state index contributed by atoms with van der Waals surface area (Å²) < 4.78 is 9.91. The predicted octanol–water partition coefficient (Wildman–Crippen LogP) is 13.3. The van der Waals surface area contributed by atoms with Gasteiger partial charge in [-0.2, -0.15) is 0 Å². The zero-order valence-electron chi connectivity index (χ0n) is 36.2. The average Bonchev–Trinajstić information content (AvgIpc) is 3.81. The quantitative estimate of drug-likeness (QED) is 0.0976. The maximum absolute atomic E-state index is 6.16. The molecule has 5 aromatic heterocycles. The Balaban J connectivity index is 0.000000208. The van der Waals surface area contributed by atoms with Gasteiger partial charge in [0.05, 0.1) is 34.3 Å². The molecule has 0 fully saturated rings. The number of hydrogen-bond donors (Lipinski definition) is 0. The van der Waals surface area contributed by atoms with E-state index in [9.17, 15) is 0 Å². The van der Waals surface area contributed by atoms with Crippen molar-refractivity contribution in [3.63, 3.8) is 0 Å². The van der Waals surface area contributed by atoms with Crippen molar-refractivity contribution in [1.29, 1.82) is 0 Å². The molecule has 307 valence electrons. The number of fused-ring (bicyclic) bond motifs is 7. The number of furan rings is 1. The summed E-state index contributed by atoms with van der Waals surface area (Å²) in [6.07, 6.45) is 5.77. The van der Waals surface area contributed by atoms with Crippen molar-refractivity contribution in [2.45, 2.75) is 70.1 Å². The van der Waals surface area contributed by atoms with E-state index in [2.05, 4.69) is 170 Å². The molecule has 0 unspecified atom stereocenters. The Morgan fingerprint density at radius 3 is 2.10 bits per heavy atom. The van der Waals surface area contributed by atoms with Gasteiger partial charge < -0.3 is 8.98 Å². The third-order valence-electron chi connectivity index (χ3n) is 11.4. The van der Waals surface area contributed by atoms with Crippen molar-refractivity contribution < 1.29 is 24.5 Å². The van der Waals surface area contributed by atoms with Crippen LogP contribution in [0.15, 0.2) is 132 Å². The van der Waals surface area contributed by atoms with Crippen molar-refractivity contribution in [2.75, 3.05) is 0 Å². The van der Waals surface area contributed by atoms with Gasteiger partial charge in [0.25, 0.3) is 0 Å². The minimum absolute atomic E-state index is 0. The smallest absolute Gasteiger partial charge is 0.215 e. The first-order valence-electron chi connectivity index (χ1n) is 20.7. The summed E-state index contributed by atoms with van der Waals surface area (Å²) in [5, 5.41) is 6.81. The number of pyridine rings is 3. The first-order valence-corrected chi connectivity index (χ1v) is 28.1. The van der Waals surface area contributed by atoms with E-state index in [1.165, 1.54) is 37.1 Å². The summed E-state index contributed by atoms with van der Waals surface area (Å²) in [4.78, 5) is 19.1. The van der Waals surface area contributed by atoms with Gasteiger partial charge in [-0.25, -0.2) is 4.98 Å². The molecule has 5 aromatic carbocycles. The molecule has 10 aromatic rings. The fraction of sp³-hybridized carbons (Fsp3) is 0.208. The summed E-state index contributed by atoms with van der Waals surface area (Å²) in [5.74, 6) is 8.24. The van der Waals surface area contributed by atoms with E-state index in [0.29, 0.717) is 5.71 Å². The molecule has 0 aliphatic heterocycles. The fourth-order valence-electron chi connectivity index (χ4n) is 8.30. The normalized spacial score (nSPS) is 12.0. The average molecular weight is 1040 g/mol. The van der Waals surface area contributed by atoms with Crippen LogP contribution in [0.2, 0.25) is 17.3 Å². The van der Waals surface area contributed by atoms with Crippen LogP contribution in [0.4, 0.5) is 0 Å². The van der Waals surface area contributed by atoms with Crippen LogP contribution in [0, 0.1) is 19.1 Å². The van der Waals surface area contributed by atoms with E-state index in [1.807, 2.05) is 37.4 Å². The SMILES string of the molecule is CC(C)(C)c1cc[c-]c(-c2cc[c]([Ge]([CH3])([CH3])[CH3])cn2)c1.Cc1cc2nc(-c3[c-]ccc4oc5ncccc5c34)n(-c3c(C(C)C)c4ccccc4c4ccccc34)c2cn1.[Ir]. The molecular weight excluding hydrogens is 987 g/mol. The van der Waals surface area contributed by atoms with Gasteiger partial charge in [-0.15, -0.1) is 12.1 Å². The molecule has 8 heteroatoms. The predicted molar refractivity (Wildman–Crippen MR) is 252 cm³/mol. The van der Waals surface area contributed by atoms with Crippen molar-refractivity contribution >= 4 is 72.3 Å². The monoisotopic (exact) mass is 1040 g/mol. The van der Waals surface area contributed by atoms with Crippen LogP contribution in [0.1, 0.15) is 57.4 Å². The zero-order chi connectivity index (χ0) is 41.9. The number of hydrogen-bond acceptors (Lipinski definition) is 5. The molecule has 1 radical (unpaired) electrons. The van der Waals surface area contributed by atoms with Gasteiger partial charge in [-0.1, -0.05) is 85.5 Å². The molecular formula is C53H49GeIrN5O-2. The van der Waals surface area contributed by atoms with Crippen molar-refractivity contribution in [3.8, 4) is 28.3 Å². The second-order valence-corrected chi connectivity index (χ2v) is 28.7. The van der Waals surface area contributed by atoms with Gasteiger partial charge >= 0.3 is 126 Å². The molecule has 0 atom stereocenters. The van der Waals surface area contributed by atoms with E-state index in [1.54, 1.807) is 6.20 Å². The number of aryl methyl sites for hydroxylation is 1. The fourth-order valence-corrected chi connectivity index (χ4v) is 10.5. The van der Waals surface area contributed by atoms with E-state index >= 15 is 0 Å². The van der Waals surface area contributed by atoms with E-state index in [-0.39, 0.29) is 31.4 Å². The molecule has 5 heterocycles. The van der Waals surface area contributed by atoms with Crippen LogP contribution < -0.4 is 4.40 Å². The largest absolute Gasteiger partial charge is 0.458 e. The van der Waals surface area contributed by atoms with Crippen LogP contribution in [-0.4, -0.2) is 37.8 Å². The van der Waals surface area contributed by atoms with Gasteiger partial charge in [-0.05, 0) is 46.7 Å². The van der Waals surface area contributed by atoms with Gasteiger partial charge in [-0.3, -0.25) is 9.97 Å². The number of imidazole rings is 1. The van der Waals surface area contributed by atoms with Crippen LogP contribution in [-0.2, 0) is 25.5 Å². The number of aromatic nitrogens is 5. The minimum atomic E-state index is -1.76. The molecule has 61 heavy (non-hydrogen) atoms. The molecule has 10 rings (SSSR count). The summed E-state index contributed by atoms with van der Waals surface area (Å²) in [7, 11) is 0. The molecule has 0 aliphatic carbocycles. The number of benzene rings is 5. The van der Waals surface area contributed by atoms with Gasteiger partial charge in [0.2, 0.25) is 5.71 Å². The molecule has 0 saturated heterocycles. The molecule has 6 nitrogen and oxygen atoms in total. The topological polar surface area (TPSA) is 69.6 Å². The van der Waals surface area contributed by atoms with Crippen molar-refractivity contribution in [1.82, 2.24) is 24.5 Å². The summed E-state index contributed by atoms with van der Waals surface area (Å²) in [6, 6.07) is 44.9. The van der Waals surface area contributed by atoms with E-state index < -0.39 is 13.3 Å². The van der Waals surface area contributed by atoms with Crippen LogP contribution in [0.5, 0.6) is 0 Å². The third kappa shape index (κ3) is 7.84. The second-order valence-electron chi connectivity index (χ2n) is 18.1. The molecule has 0 spiro atoms. The number of nitrogens with zero attached hydrogens (tertiary/aromatic N) is 5. The Kier molecular flexibility index (Phi) is 11.4. The Labute approximate surface area is 374 Å². The summed E-state index contributed by atoms with van der Waals surface area (Å²) in [6.45, 7) is 13.2. The molecule has 0 aliphatic rings. The first kappa shape index (κ1) is 42.2. The second kappa shape index (κ2) is 16.4. The van der Waals surface area contributed by atoms with E-state index in [0.717, 1.165) is 61.4 Å². The Bertz CT molecular complexity index is 3220. The van der Waals surface area contributed by atoms with Crippen molar-refractivity contribution in [3.05, 3.63) is 157 Å². The number of rotatable bonds is 5. The van der Waals surface area contributed by atoms with Crippen LogP contribution in [0.25, 0.3) is 83.0 Å². The summed E-state index contributed by atoms with van der Waals surface area (Å²) in [5.41, 5.74) is 11.0. The maximum atomic E-state index is 6.16. The Hall–Kier alpha value is -5.47. The van der Waals surface area contributed by atoms with Crippen LogP contribution >= 0.6 is 0 Å². The summed E-state index contributed by atoms with van der Waals surface area (Å²) >= 11 is -1.76. The molecule has 0 saturated carbocycles. The zero-order valence-corrected chi connectivity index (χ0v) is 40.7. The standard InChI is InChI=1S/C35H25N4O.C18H24GeN.Ir/c1-20(2)31-24-12-6-4-10-22(24)23-11-5-7-13-25(23)33(31)39-29-19-37-21(3)18-28(29)38-34(39)26-14-8-16-30-32(26)27-15-9-17-36-35(27)40-30;1-18(2,3)15-9-7-8-14(12-15)17-11-10-16(13-20-17)19(4,5)6;/h4-13,15-20H,1-3H3;7,9-13H,1-6H3;/q2*-1;. The molecule has 0 N–H and O–H groups in total. The third-order valence-corrected chi connectivity index (χ3v) is 15.7.